The predicted octanol–water partition coefficient (Wildman–Crippen LogP) is 4.49. The SMILES string of the molecule is CC(C)(c1ccccc1)c1cc(O)c(C(=O)NC2CCCCC2)c(O)c1. The van der Waals surface area contributed by atoms with Gasteiger partial charge in [0.15, 0.2) is 0 Å². The van der Waals surface area contributed by atoms with Crippen LogP contribution in [0.4, 0.5) is 0 Å². The van der Waals surface area contributed by atoms with Crippen LogP contribution in [0.1, 0.15) is 67.4 Å². The maximum absolute atomic E-state index is 12.6. The van der Waals surface area contributed by atoms with Crippen LogP contribution in [0.25, 0.3) is 0 Å². The van der Waals surface area contributed by atoms with E-state index >= 15 is 0 Å². The van der Waals surface area contributed by atoms with E-state index in [9.17, 15) is 15.0 Å². The first-order chi connectivity index (χ1) is 12.4. The smallest absolute Gasteiger partial charge is 0.259 e. The summed E-state index contributed by atoms with van der Waals surface area (Å²) in [5, 5.41) is 23.9. The Labute approximate surface area is 154 Å². The van der Waals surface area contributed by atoms with Gasteiger partial charge in [0.1, 0.15) is 17.1 Å². The summed E-state index contributed by atoms with van der Waals surface area (Å²) < 4.78 is 0. The lowest BCUT2D eigenvalue weighted by Crippen LogP contribution is -2.36. The summed E-state index contributed by atoms with van der Waals surface area (Å²) in [6.45, 7) is 4.05. The van der Waals surface area contributed by atoms with Crippen molar-refractivity contribution in [2.45, 2.75) is 57.4 Å². The van der Waals surface area contributed by atoms with E-state index in [1.54, 1.807) is 12.1 Å². The molecular formula is C22H27NO3. The molecule has 3 N–H and O–H groups in total. The minimum atomic E-state index is -0.408. The Hall–Kier alpha value is -2.49. The number of nitrogens with one attached hydrogen (secondary N) is 1. The van der Waals surface area contributed by atoms with Gasteiger partial charge in [0, 0.05) is 11.5 Å². The second kappa shape index (κ2) is 7.40. The molecular weight excluding hydrogens is 326 g/mol. The molecule has 1 aliphatic rings. The topological polar surface area (TPSA) is 69.6 Å². The highest BCUT2D eigenvalue weighted by Gasteiger charge is 2.28. The number of benzene rings is 2. The number of hydrogen-bond donors (Lipinski definition) is 3. The van der Waals surface area contributed by atoms with Crippen molar-refractivity contribution in [3.63, 3.8) is 0 Å². The van der Waals surface area contributed by atoms with Crippen LogP contribution in [-0.2, 0) is 5.41 Å². The van der Waals surface area contributed by atoms with Gasteiger partial charge < -0.3 is 15.5 Å². The van der Waals surface area contributed by atoms with Crippen LogP contribution in [0, 0.1) is 0 Å². The van der Waals surface area contributed by atoms with E-state index in [1.165, 1.54) is 6.42 Å². The van der Waals surface area contributed by atoms with Gasteiger partial charge in [-0.2, -0.15) is 0 Å². The van der Waals surface area contributed by atoms with Crippen LogP contribution < -0.4 is 5.32 Å². The van der Waals surface area contributed by atoms with Gasteiger partial charge >= 0.3 is 0 Å². The van der Waals surface area contributed by atoms with Crippen molar-refractivity contribution in [2.75, 3.05) is 0 Å². The van der Waals surface area contributed by atoms with Gasteiger partial charge in [-0.1, -0.05) is 63.4 Å². The van der Waals surface area contributed by atoms with Gasteiger partial charge in [0.25, 0.3) is 5.91 Å². The fourth-order valence-corrected chi connectivity index (χ4v) is 3.73. The third-order valence-corrected chi connectivity index (χ3v) is 5.48. The van der Waals surface area contributed by atoms with Crippen LogP contribution in [0.15, 0.2) is 42.5 Å². The highest BCUT2D eigenvalue weighted by molar-refractivity contribution is 5.99. The van der Waals surface area contributed by atoms with Crippen LogP contribution in [-0.4, -0.2) is 22.2 Å². The quantitative estimate of drug-likeness (QED) is 0.759. The maximum atomic E-state index is 12.6. The fraction of sp³-hybridized carbons (Fsp3) is 0.409. The molecule has 2 aromatic carbocycles. The molecule has 0 atom stereocenters. The van der Waals surface area contributed by atoms with Gasteiger partial charge in [-0.3, -0.25) is 4.79 Å². The van der Waals surface area contributed by atoms with Gasteiger partial charge in [0.2, 0.25) is 0 Å². The van der Waals surface area contributed by atoms with E-state index in [0.29, 0.717) is 0 Å². The van der Waals surface area contributed by atoms with E-state index in [1.807, 2.05) is 44.2 Å². The fourth-order valence-electron chi connectivity index (χ4n) is 3.73. The van der Waals surface area contributed by atoms with Crippen molar-refractivity contribution in [3.8, 4) is 11.5 Å². The minimum Gasteiger partial charge on any atom is -0.507 e. The number of carbonyl (C=O) groups is 1. The zero-order chi connectivity index (χ0) is 18.7. The molecule has 138 valence electrons. The summed E-state index contributed by atoms with van der Waals surface area (Å²) in [4.78, 5) is 12.6. The Morgan fingerprint density at radius 2 is 1.54 bits per heavy atom. The molecule has 1 aliphatic carbocycles. The Balaban J connectivity index is 1.87. The van der Waals surface area contributed by atoms with Crippen LogP contribution in [0.5, 0.6) is 11.5 Å². The number of phenolic OH excluding ortho intramolecular Hbond substituents is 2. The molecule has 4 nitrogen and oxygen atoms in total. The average molecular weight is 353 g/mol. The molecule has 2 aromatic rings. The number of carbonyl (C=O) groups excluding carboxylic acids is 1. The Kier molecular flexibility index (Phi) is 5.21. The number of phenols is 2. The molecule has 0 heterocycles. The normalized spacial score (nSPS) is 15.6. The standard InChI is InChI=1S/C22H27NO3/c1-22(2,15-9-5-3-6-10-15)16-13-18(24)20(19(25)14-16)21(26)23-17-11-7-4-8-12-17/h3,5-6,9-10,13-14,17,24-25H,4,7-8,11-12H2,1-2H3,(H,23,26). The molecule has 0 radical (unpaired) electrons. The lowest BCUT2D eigenvalue weighted by molar-refractivity contribution is 0.0922. The third-order valence-electron chi connectivity index (χ3n) is 5.48. The molecule has 0 bridgehead atoms. The number of amides is 1. The second-order valence-electron chi connectivity index (χ2n) is 7.69. The maximum Gasteiger partial charge on any atom is 0.259 e. The molecule has 0 aromatic heterocycles. The monoisotopic (exact) mass is 353 g/mol. The molecule has 1 saturated carbocycles. The van der Waals surface area contributed by atoms with Crippen LogP contribution in [0.3, 0.4) is 0 Å². The molecule has 4 heteroatoms. The van der Waals surface area contributed by atoms with Crippen molar-refractivity contribution in [1.29, 1.82) is 0 Å². The Morgan fingerprint density at radius 1 is 0.962 bits per heavy atom. The zero-order valence-electron chi connectivity index (χ0n) is 15.5. The lowest BCUT2D eigenvalue weighted by atomic mass is 9.77. The van der Waals surface area contributed by atoms with Crippen molar-refractivity contribution < 1.29 is 15.0 Å². The number of aromatic hydroxyl groups is 2. The van der Waals surface area contributed by atoms with Gasteiger partial charge in [-0.05, 0) is 36.1 Å². The molecule has 0 spiro atoms. The van der Waals surface area contributed by atoms with Gasteiger partial charge in [-0.25, -0.2) is 0 Å². The van der Waals surface area contributed by atoms with E-state index < -0.39 is 11.3 Å². The highest BCUT2D eigenvalue weighted by atomic mass is 16.3. The van der Waals surface area contributed by atoms with Crippen molar-refractivity contribution in [1.82, 2.24) is 5.32 Å². The van der Waals surface area contributed by atoms with Crippen molar-refractivity contribution in [2.24, 2.45) is 0 Å². The molecule has 3 rings (SSSR count). The largest absolute Gasteiger partial charge is 0.507 e. The highest BCUT2D eigenvalue weighted by Crippen LogP contribution is 2.38. The first-order valence-corrected chi connectivity index (χ1v) is 9.32. The minimum absolute atomic E-state index is 0.0387. The van der Waals surface area contributed by atoms with E-state index in [4.69, 9.17) is 0 Å². The second-order valence-corrected chi connectivity index (χ2v) is 7.69. The summed E-state index contributed by atoms with van der Waals surface area (Å²) >= 11 is 0. The van der Waals surface area contributed by atoms with Crippen molar-refractivity contribution >= 4 is 5.91 Å². The molecule has 0 aliphatic heterocycles. The Bertz CT molecular complexity index is 754. The van der Waals surface area contributed by atoms with Crippen LogP contribution >= 0.6 is 0 Å². The summed E-state index contributed by atoms with van der Waals surface area (Å²) in [5.41, 5.74) is 1.38. The van der Waals surface area contributed by atoms with Gasteiger partial charge in [-0.15, -0.1) is 0 Å². The average Bonchev–Trinajstić information content (AvgIpc) is 2.62. The number of rotatable bonds is 4. The molecule has 1 fully saturated rings. The molecule has 26 heavy (non-hydrogen) atoms. The molecule has 0 unspecified atom stereocenters. The van der Waals surface area contributed by atoms with Crippen LogP contribution in [0.2, 0.25) is 0 Å². The zero-order valence-corrected chi connectivity index (χ0v) is 15.5. The molecule has 0 saturated heterocycles. The van der Waals surface area contributed by atoms with E-state index in [2.05, 4.69) is 5.32 Å². The summed E-state index contributed by atoms with van der Waals surface area (Å²) in [7, 11) is 0. The number of hydrogen-bond acceptors (Lipinski definition) is 3. The van der Waals surface area contributed by atoms with Gasteiger partial charge in [0.05, 0.1) is 0 Å². The Morgan fingerprint density at radius 3 is 2.12 bits per heavy atom. The lowest BCUT2D eigenvalue weighted by Gasteiger charge is -2.27. The van der Waals surface area contributed by atoms with E-state index in [0.717, 1.165) is 36.8 Å². The van der Waals surface area contributed by atoms with E-state index in [-0.39, 0.29) is 23.1 Å². The first-order valence-electron chi connectivity index (χ1n) is 9.32. The summed E-state index contributed by atoms with van der Waals surface area (Å²) in [6.07, 6.45) is 5.31. The first kappa shape index (κ1) is 18.3. The third kappa shape index (κ3) is 3.69. The summed E-state index contributed by atoms with van der Waals surface area (Å²) in [5.74, 6) is -0.773. The summed E-state index contributed by atoms with van der Waals surface area (Å²) in [6, 6.07) is 13.2. The van der Waals surface area contributed by atoms with Crippen molar-refractivity contribution in [3.05, 3.63) is 59.2 Å². The molecule has 1 amide bonds. The predicted molar refractivity (Wildman–Crippen MR) is 103 cm³/mol.